The van der Waals surface area contributed by atoms with Crippen LogP contribution in [0.1, 0.15) is 19.0 Å². The van der Waals surface area contributed by atoms with Crippen molar-refractivity contribution in [3.05, 3.63) is 11.9 Å². The fourth-order valence-corrected chi connectivity index (χ4v) is 1.55. The number of rotatable bonds is 13. The SMILES string of the molecule is CCNCc1cn(CCOCCCOCCOC)nn1. The lowest BCUT2D eigenvalue weighted by molar-refractivity contribution is 0.0497. The van der Waals surface area contributed by atoms with Crippen molar-refractivity contribution in [1.29, 1.82) is 0 Å². The molecule has 1 aromatic rings. The summed E-state index contributed by atoms with van der Waals surface area (Å²) in [5.74, 6) is 0. The van der Waals surface area contributed by atoms with Crippen LogP contribution in [0.25, 0.3) is 0 Å². The van der Waals surface area contributed by atoms with E-state index < -0.39 is 0 Å². The lowest BCUT2D eigenvalue weighted by Gasteiger charge is -2.05. The highest BCUT2D eigenvalue weighted by atomic mass is 16.5. The highest BCUT2D eigenvalue weighted by molar-refractivity contribution is 4.91. The van der Waals surface area contributed by atoms with E-state index in [0.29, 0.717) is 33.0 Å². The zero-order valence-electron chi connectivity index (χ0n) is 12.5. The summed E-state index contributed by atoms with van der Waals surface area (Å²) in [7, 11) is 1.67. The summed E-state index contributed by atoms with van der Waals surface area (Å²) in [5.41, 5.74) is 0.957. The first-order valence-corrected chi connectivity index (χ1v) is 7.11. The Kier molecular flexibility index (Phi) is 10.0. The summed E-state index contributed by atoms with van der Waals surface area (Å²) in [4.78, 5) is 0. The van der Waals surface area contributed by atoms with Crippen LogP contribution < -0.4 is 5.32 Å². The average Bonchev–Trinajstić information content (AvgIpc) is 2.91. The van der Waals surface area contributed by atoms with Crippen LogP contribution >= 0.6 is 0 Å². The second kappa shape index (κ2) is 11.8. The van der Waals surface area contributed by atoms with E-state index in [2.05, 4.69) is 22.6 Å². The number of methoxy groups -OCH3 is 1. The van der Waals surface area contributed by atoms with E-state index in [1.165, 1.54) is 0 Å². The maximum absolute atomic E-state index is 5.52. The molecule has 1 heterocycles. The predicted octanol–water partition coefficient (Wildman–Crippen LogP) is 0.457. The van der Waals surface area contributed by atoms with E-state index in [1.54, 1.807) is 7.11 Å². The van der Waals surface area contributed by atoms with E-state index in [0.717, 1.165) is 31.7 Å². The van der Waals surface area contributed by atoms with Crippen LogP contribution in [0.3, 0.4) is 0 Å². The van der Waals surface area contributed by atoms with Crippen LogP contribution in [-0.2, 0) is 27.3 Å². The van der Waals surface area contributed by atoms with E-state index in [-0.39, 0.29) is 0 Å². The Hall–Kier alpha value is -1.02. The van der Waals surface area contributed by atoms with E-state index in [4.69, 9.17) is 14.2 Å². The summed E-state index contributed by atoms with van der Waals surface area (Å²) < 4.78 is 17.6. The van der Waals surface area contributed by atoms with Gasteiger partial charge in [0.1, 0.15) is 0 Å². The standard InChI is InChI=1S/C13H26N4O3/c1-3-14-11-13-12-17(16-15-13)5-8-19-6-4-7-20-10-9-18-2/h12,14H,3-11H2,1-2H3. The van der Waals surface area contributed by atoms with Crippen molar-refractivity contribution in [2.24, 2.45) is 0 Å². The summed E-state index contributed by atoms with van der Waals surface area (Å²) in [6, 6.07) is 0. The predicted molar refractivity (Wildman–Crippen MR) is 75.5 cm³/mol. The van der Waals surface area contributed by atoms with Gasteiger partial charge in [-0.25, -0.2) is 4.68 Å². The summed E-state index contributed by atoms with van der Waals surface area (Å²) in [6.45, 7) is 7.82. The molecular formula is C13H26N4O3. The molecule has 0 unspecified atom stereocenters. The molecule has 0 amide bonds. The van der Waals surface area contributed by atoms with Gasteiger partial charge in [0.2, 0.25) is 0 Å². The van der Waals surface area contributed by atoms with Gasteiger partial charge in [0.15, 0.2) is 0 Å². The van der Waals surface area contributed by atoms with E-state index >= 15 is 0 Å². The molecule has 0 aliphatic carbocycles. The van der Waals surface area contributed by atoms with Crippen molar-refractivity contribution < 1.29 is 14.2 Å². The highest BCUT2D eigenvalue weighted by Crippen LogP contribution is 1.93. The lowest BCUT2D eigenvalue weighted by atomic mass is 10.4. The molecule has 116 valence electrons. The summed E-state index contributed by atoms with van der Waals surface area (Å²) >= 11 is 0. The summed E-state index contributed by atoms with van der Waals surface area (Å²) in [6.07, 6.45) is 2.84. The smallest absolute Gasteiger partial charge is 0.0964 e. The minimum Gasteiger partial charge on any atom is -0.382 e. The molecule has 7 nitrogen and oxygen atoms in total. The van der Waals surface area contributed by atoms with Crippen LogP contribution in [0, 0.1) is 0 Å². The second-order valence-corrected chi connectivity index (χ2v) is 4.32. The van der Waals surface area contributed by atoms with Crippen molar-refractivity contribution >= 4 is 0 Å². The molecule has 1 aromatic heterocycles. The second-order valence-electron chi connectivity index (χ2n) is 4.32. The molecule has 0 atom stereocenters. The van der Waals surface area contributed by atoms with Gasteiger partial charge in [0, 0.05) is 33.1 Å². The molecule has 1 N–H and O–H groups in total. The third-order valence-corrected chi connectivity index (χ3v) is 2.62. The van der Waals surface area contributed by atoms with Crippen LogP contribution in [0.5, 0.6) is 0 Å². The number of nitrogens with one attached hydrogen (secondary N) is 1. The van der Waals surface area contributed by atoms with Crippen molar-refractivity contribution in [1.82, 2.24) is 20.3 Å². The molecule has 0 spiro atoms. The first kappa shape index (κ1) is 17.0. The van der Waals surface area contributed by atoms with Crippen molar-refractivity contribution in [3.63, 3.8) is 0 Å². The Balaban J connectivity index is 1.94. The quantitative estimate of drug-likeness (QED) is 0.531. The molecule has 20 heavy (non-hydrogen) atoms. The van der Waals surface area contributed by atoms with Gasteiger partial charge in [0.05, 0.1) is 32.1 Å². The molecule has 0 radical (unpaired) electrons. The largest absolute Gasteiger partial charge is 0.382 e. The van der Waals surface area contributed by atoms with Gasteiger partial charge in [-0.05, 0) is 13.0 Å². The Morgan fingerprint density at radius 3 is 2.70 bits per heavy atom. The Labute approximate surface area is 120 Å². The van der Waals surface area contributed by atoms with E-state index in [9.17, 15) is 0 Å². The fraction of sp³-hybridized carbons (Fsp3) is 0.846. The maximum atomic E-state index is 5.52. The number of hydrogen-bond acceptors (Lipinski definition) is 6. The number of ether oxygens (including phenoxy) is 3. The van der Waals surface area contributed by atoms with Gasteiger partial charge in [0.25, 0.3) is 0 Å². The molecular weight excluding hydrogens is 260 g/mol. The van der Waals surface area contributed by atoms with Gasteiger partial charge < -0.3 is 19.5 Å². The number of nitrogens with zero attached hydrogens (tertiary/aromatic N) is 3. The van der Waals surface area contributed by atoms with Gasteiger partial charge in [-0.3, -0.25) is 0 Å². The van der Waals surface area contributed by atoms with E-state index in [1.807, 2.05) is 10.9 Å². The maximum Gasteiger partial charge on any atom is 0.0964 e. The third-order valence-electron chi connectivity index (χ3n) is 2.62. The molecule has 1 rings (SSSR count). The Morgan fingerprint density at radius 2 is 1.95 bits per heavy atom. The Morgan fingerprint density at radius 1 is 1.15 bits per heavy atom. The monoisotopic (exact) mass is 286 g/mol. The van der Waals surface area contributed by atoms with Crippen LogP contribution in [0.2, 0.25) is 0 Å². The number of aromatic nitrogens is 3. The number of hydrogen-bond donors (Lipinski definition) is 1. The van der Waals surface area contributed by atoms with Crippen molar-refractivity contribution in [2.45, 2.75) is 26.4 Å². The normalized spacial score (nSPS) is 11.1. The molecule has 0 aliphatic rings. The van der Waals surface area contributed by atoms with Gasteiger partial charge in [-0.15, -0.1) is 5.10 Å². The van der Waals surface area contributed by atoms with Crippen LogP contribution in [-0.4, -0.2) is 61.7 Å². The zero-order valence-corrected chi connectivity index (χ0v) is 12.5. The first-order chi connectivity index (χ1) is 9.86. The van der Waals surface area contributed by atoms with Gasteiger partial charge >= 0.3 is 0 Å². The minimum absolute atomic E-state index is 0.641. The Bertz CT molecular complexity index is 333. The molecule has 7 heteroatoms. The van der Waals surface area contributed by atoms with Gasteiger partial charge in [-0.2, -0.15) is 0 Å². The molecule has 0 saturated carbocycles. The topological polar surface area (TPSA) is 70.4 Å². The lowest BCUT2D eigenvalue weighted by Crippen LogP contribution is -2.12. The van der Waals surface area contributed by atoms with Crippen LogP contribution in [0.4, 0.5) is 0 Å². The fourth-order valence-electron chi connectivity index (χ4n) is 1.55. The molecule has 0 fully saturated rings. The van der Waals surface area contributed by atoms with Crippen LogP contribution in [0.15, 0.2) is 6.20 Å². The highest BCUT2D eigenvalue weighted by Gasteiger charge is 1.99. The third kappa shape index (κ3) is 8.21. The molecule has 0 aromatic carbocycles. The molecule has 0 aliphatic heterocycles. The summed E-state index contributed by atoms with van der Waals surface area (Å²) in [5, 5.41) is 11.3. The zero-order chi connectivity index (χ0) is 14.5. The van der Waals surface area contributed by atoms with Gasteiger partial charge in [-0.1, -0.05) is 12.1 Å². The van der Waals surface area contributed by atoms with Crippen molar-refractivity contribution in [3.8, 4) is 0 Å². The molecule has 0 saturated heterocycles. The molecule has 0 bridgehead atoms. The minimum atomic E-state index is 0.641. The average molecular weight is 286 g/mol. The first-order valence-electron chi connectivity index (χ1n) is 7.11. The van der Waals surface area contributed by atoms with Crippen molar-refractivity contribution in [2.75, 3.05) is 46.7 Å².